The molecule has 1 saturated heterocycles. The zero-order valence-electron chi connectivity index (χ0n) is 14.8. The van der Waals surface area contributed by atoms with Crippen LogP contribution in [0.2, 0.25) is 0 Å². The van der Waals surface area contributed by atoms with Gasteiger partial charge in [0.1, 0.15) is 11.2 Å². The Morgan fingerprint density at radius 3 is 2.85 bits per heavy atom. The Labute approximate surface area is 156 Å². The van der Waals surface area contributed by atoms with Gasteiger partial charge in [0.25, 0.3) is 0 Å². The lowest BCUT2D eigenvalue weighted by molar-refractivity contribution is -0.116. The van der Waals surface area contributed by atoms with E-state index in [-0.39, 0.29) is 23.0 Å². The molecule has 1 atom stereocenters. The maximum Gasteiger partial charge on any atom is 0.238 e. The molecule has 1 fully saturated rings. The van der Waals surface area contributed by atoms with E-state index in [0.717, 1.165) is 12.0 Å². The third kappa shape index (κ3) is 3.90. The minimum Gasteiger partial charge on any atom is -0.326 e. The van der Waals surface area contributed by atoms with E-state index in [0.29, 0.717) is 29.1 Å². The van der Waals surface area contributed by atoms with Crippen molar-refractivity contribution in [1.82, 2.24) is 0 Å². The van der Waals surface area contributed by atoms with Crippen molar-refractivity contribution in [1.29, 1.82) is 0 Å². The van der Waals surface area contributed by atoms with Crippen molar-refractivity contribution in [3.63, 3.8) is 0 Å². The maximum atomic E-state index is 14.0. The molecule has 6 heteroatoms. The fraction of sp³-hybridized carbons (Fsp3) is 0.300. The summed E-state index contributed by atoms with van der Waals surface area (Å²) in [7, 11) is 0. The molecule has 0 radical (unpaired) electrons. The van der Waals surface area contributed by atoms with E-state index in [1.165, 1.54) is 17.8 Å². The molecular weight excluding hydrogens is 351 g/mol. The Balaban J connectivity index is 1.88. The van der Waals surface area contributed by atoms with Crippen molar-refractivity contribution in [2.45, 2.75) is 32.1 Å². The molecule has 1 N–H and O–H groups in total. The highest BCUT2D eigenvalue weighted by atomic mass is 32.2. The first-order chi connectivity index (χ1) is 12.5. The van der Waals surface area contributed by atoms with Crippen LogP contribution in [0.15, 0.2) is 42.5 Å². The number of amides is 2. The quantitative estimate of drug-likeness (QED) is 0.831. The van der Waals surface area contributed by atoms with Crippen LogP contribution in [-0.2, 0) is 9.59 Å². The molecule has 1 aliphatic rings. The van der Waals surface area contributed by atoms with Gasteiger partial charge in [-0.2, -0.15) is 0 Å². The van der Waals surface area contributed by atoms with Crippen LogP contribution in [0, 0.1) is 12.7 Å². The lowest BCUT2D eigenvalue weighted by Crippen LogP contribution is -2.28. The van der Waals surface area contributed by atoms with Crippen molar-refractivity contribution in [2.75, 3.05) is 16.0 Å². The summed E-state index contributed by atoms with van der Waals surface area (Å²) in [6.45, 7) is 3.65. The van der Waals surface area contributed by atoms with Gasteiger partial charge in [-0.05, 0) is 48.7 Å². The van der Waals surface area contributed by atoms with E-state index in [1.807, 2.05) is 31.2 Å². The fourth-order valence-electron chi connectivity index (χ4n) is 2.90. The van der Waals surface area contributed by atoms with Crippen molar-refractivity contribution in [3.8, 4) is 0 Å². The van der Waals surface area contributed by atoms with Crippen molar-refractivity contribution >= 4 is 35.0 Å². The number of nitrogens with one attached hydrogen (secondary N) is 1. The van der Waals surface area contributed by atoms with Gasteiger partial charge in [0.05, 0.1) is 5.75 Å². The highest BCUT2D eigenvalue weighted by Gasteiger charge is 2.34. The van der Waals surface area contributed by atoms with Gasteiger partial charge in [0, 0.05) is 17.8 Å². The third-order valence-corrected chi connectivity index (χ3v) is 5.45. The largest absolute Gasteiger partial charge is 0.326 e. The van der Waals surface area contributed by atoms with Crippen molar-refractivity contribution in [3.05, 3.63) is 59.4 Å². The summed E-state index contributed by atoms with van der Waals surface area (Å²) in [5.41, 5.74) is 2.70. The lowest BCUT2D eigenvalue weighted by atomic mass is 10.1. The summed E-state index contributed by atoms with van der Waals surface area (Å²) in [5.74, 6) is -0.0699. The van der Waals surface area contributed by atoms with Gasteiger partial charge in [-0.3, -0.25) is 14.5 Å². The summed E-state index contributed by atoms with van der Waals surface area (Å²) in [6.07, 6.45) is 1.25. The average molecular weight is 372 g/mol. The number of rotatable bonds is 5. The molecule has 0 saturated carbocycles. The average Bonchev–Trinajstić information content (AvgIpc) is 2.99. The number of anilines is 2. The zero-order chi connectivity index (χ0) is 18.7. The molecule has 136 valence electrons. The topological polar surface area (TPSA) is 49.4 Å². The van der Waals surface area contributed by atoms with Gasteiger partial charge in [-0.25, -0.2) is 4.39 Å². The minimum atomic E-state index is -0.327. The predicted octanol–water partition coefficient (Wildman–Crippen LogP) is 4.65. The molecule has 0 aliphatic carbocycles. The first-order valence-electron chi connectivity index (χ1n) is 8.59. The third-order valence-electron chi connectivity index (χ3n) is 4.23. The van der Waals surface area contributed by atoms with Crippen LogP contribution in [-0.4, -0.2) is 17.6 Å². The molecule has 0 aromatic heterocycles. The van der Waals surface area contributed by atoms with Gasteiger partial charge in [0.15, 0.2) is 0 Å². The van der Waals surface area contributed by atoms with E-state index in [4.69, 9.17) is 0 Å². The minimum absolute atomic E-state index is 0.0303. The summed E-state index contributed by atoms with van der Waals surface area (Å²) in [5, 5.41) is 2.63. The van der Waals surface area contributed by atoms with E-state index >= 15 is 0 Å². The van der Waals surface area contributed by atoms with Gasteiger partial charge in [-0.15, -0.1) is 11.8 Å². The second-order valence-corrected chi connectivity index (χ2v) is 7.35. The SMILES string of the molecule is CCCC(=O)Nc1cccc(C2SCC(=O)N2c2ccc(C)c(F)c2)c1. The molecule has 3 rings (SSSR count). The van der Waals surface area contributed by atoms with Gasteiger partial charge >= 0.3 is 0 Å². The lowest BCUT2D eigenvalue weighted by Gasteiger charge is -2.25. The monoisotopic (exact) mass is 372 g/mol. The van der Waals surface area contributed by atoms with Gasteiger partial charge in [-0.1, -0.05) is 25.1 Å². The number of nitrogens with zero attached hydrogens (tertiary/aromatic N) is 1. The first-order valence-corrected chi connectivity index (χ1v) is 9.64. The van der Waals surface area contributed by atoms with Crippen LogP contribution in [0.25, 0.3) is 0 Å². The first kappa shape index (κ1) is 18.5. The van der Waals surface area contributed by atoms with Crippen LogP contribution in [0.4, 0.5) is 15.8 Å². The Bertz CT molecular complexity index is 840. The Morgan fingerprint density at radius 1 is 1.31 bits per heavy atom. The summed E-state index contributed by atoms with van der Waals surface area (Å²) in [6, 6.07) is 12.3. The molecule has 26 heavy (non-hydrogen) atoms. The Kier molecular flexibility index (Phi) is 5.61. The van der Waals surface area contributed by atoms with Crippen molar-refractivity contribution in [2.24, 2.45) is 0 Å². The molecule has 4 nitrogen and oxygen atoms in total. The van der Waals surface area contributed by atoms with E-state index in [1.54, 1.807) is 24.0 Å². The summed E-state index contributed by atoms with van der Waals surface area (Å²) >= 11 is 1.50. The van der Waals surface area contributed by atoms with Crippen molar-refractivity contribution < 1.29 is 14.0 Å². The summed E-state index contributed by atoms with van der Waals surface area (Å²) < 4.78 is 14.0. The number of hydrogen-bond acceptors (Lipinski definition) is 3. The van der Waals surface area contributed by atoms with E-state index in [2.05, 4.69) is 5.32 Å². The van der Waals surface area contributed by atoms with E-state index in [9.17, 15) is 14.0 Å². The molecule has 0 spiro atoms. The van der Waals surface area contributed by atoms with E-state index < -0.39 is 0 Å². The van der Waals surface area contributed by atoms with Gasteiger partial charge < -0.3 is 5.32 Å². The molecule has 1 aliphatic heterocycles. The van der Waals surface area contributed by atoms with Crippen LogP contribution in [0.1, 0.15) is 36.3 Å². The molecule has 1 heterocycles. The normalized spacial score (nSPS) is 16.8. The maximum absolute atomic E-state index is 14.0. The standard InChI is InChI=1S/C20H21FN2O2S/c1-3-5-18(24)22-15-7-4-6-14(10-15)20-23(19(25)12-26-20)16-9-8-13(2)17(21)11-16/h4,6-11,20H,3,5,12H2,1-2H3,(H,22,24). The van der Waals surface area contributed by atoms with Gasteiger partial charge in [0.2, 0.25) is 11.8 Å². The molecular formula is C20H21FN2O2S. The van der Waals surface area contributed by atoms with Crippen LogP contribution in [0.5, 0.6) is 0 Å². The second kappa shape index (κ2) is 7.91. The zero-order valence-corrected chi connectivity index (χ0v) is 15.6. The number of thioether (sulfide) groups is 1. The molecule has 2 aromatic carbocycles. The smallest absolute Gasteiger partial charge is 0.238 e. The molecule has 0 bridgehead atoms. The fourth-order valence-corrected chi connectivity index (χ4v) is 4.07. The Hall–Kier alpha value is -2.34. The molecule has 2 amide bonds. The molecule has 1 unspecified atom stereocenters. The number of aryl methyl sites for hydroxylation is 1. The highest BCUT2D eigenvalue weighted by Crippen LogP contribution is 2.42. The summed E-state index contributed by atoms with van der Waals surface area (Å²) in [4.78, 5) is 25.9. The number of halogens is 1. The van der Waals surface area contributed by atoms with Crippen LogP contribution in [0.3, 0.4) is 0 Å². The highest BCUT2D eigenvalue weighted by molar-refractivity contribution is 8.00. The molecule has 2 aromatic rings. The number of hydrogen-bond donors (Lipinski definition) is 1. The second-order valence-electron chi connectivity index (χ2n) is 6.28. The number of carbonyl (C=O) groups is 2. The predicted molar refractivity (Wildman–Crippen MR) is 104 cm³/mol. The van der Waals surface area contributed by atoms with Crippen LogP contribution < -0.4 is 10.2 Å². The Morgan fingerprint density at radius 2 is 2.12 bits per heavy atom. The number of carbonyl (C=O) groups excluding carboxylic acids is 2. The number of benzene rings is 2. The van der Waals surface area contributed by atoms with Crippen LogP contribution >= 0.6 is 11.8 Å².